The molecule has 4 rings (SSSR count). The fourth-order valence-corrected chi connectivity index (χ4v) is 3.43. The summed E-state index contributed by atoms with van der Waals surface area (Å²) in [4.78, 5) is 19.1. The monoisotopic (exact) mass is 356 g/mol. The van der Waals surface area contributed by atoms with Gasteiger partial charge >= 0.3 is 5.97 Å². The normalized spacial score (nSPS) is 11.0. The minimum absolute atomic E-state index is 0.0700. The van der Waals surface area contributed by atoms with Crippen molar-refractivity contribution in [1.82, 2.24) is 9.97 Å². The third-order valence-corrected chi connectivity index (χ3v) is 4.97. The first kappa shape index (κ1) is 17.0. The summed E-state index contributed by atoms with van der Waals surface area (Å²) in [5, 5.41) is 10.4. The quantitative estimate of drug-likeness (QED) is 0.532. The van der Waals surface area contributed by atoms with Crippen LogP contribution in [0.4, 0.5) is 0 Å². The molecule has 2 N–H and O–H groups in total. The van der Waals surface area contributed by atoms with Gasteiger partial charge in [0.25, 0.3) is 0 Å². The smallest absolute Gasteiger partial charge is 0.354 e. The van der Waals surface area contributed by atoms with Gasteiger partial charge in [-0.05, 0) is 60.4 Å². The van der Waals surface area contributed by atoms with Gasteiger partial charge in [-0.1, -0.05) is 36.4 Å². The van der Waals surface area contributed by atoms with Crippen molar-refractivity contribution in [3.8, 4) is 11.3 Å². The van der Waals surface area contributed by atoms with Crippen molar-refractivity contribution in [1.29, 1.82) is 0 Å². The van der Waals surface area contributed by atoms with E-state index >= 15 is 0 Å². The predicted octanol–water partition coefficient (Wildman–Crippen LogP) is 5.14. The van der Waals surface area contributed by atoms with Crippen molar-refractivity contribution in [3.63, 3.8) is 0 Å². The number of aromatic carboxylic acids is 1. The lowest BCUT2D eigenvalue weighted by molar-refractivity contribution is 0.0690. The van der Waals surface area contributed by atoms with Crippen LogP contribution in [0.2, 0.25) is 0 Å². The van der Waals surface area contributed by atoms with Crippen molar-refractivity contribution in [2.24, 2.45) is 0 Å². The highest BCUT2D eigenvalue weighted by molar-refractivity contribution is 5.92. The van der Waals surface area contributed by atoms with Gasteiger partial charge in [-0.25, -0.2) is 9.78 Å². The summed E-state index contributed by atoms with van der Waals surface area (Å²) in [6.45, 7) is 4.21. The van der Waals surface area contributed by atoms with Gasteiger partial charge in [-0.15, -0.1) is 0 Å². The zero-order valence-electron chi connectivity index (χ0n) is 15.3. The number of carboxylic acids is 1. The highest BCUT2D eigenvalue weighted by Gasteiger charge is 2.16. The summed E-state index contributed by atoms with van der Waals surface area (Å²) >= 11 is 0. The second kappa shape index (κ2) is 6.72. The Labute approximate surface area is 157 Å². The van der Waals surface area contributed by atoms with E-state index in [9.17, 15) is 9.90 Å². The molecular weight excluding hydrogens is 336 g/mol. The van der Waals surface area contributed by atoms with Crippen molar-refractivity contribution >= 4 is 16.9 Å². The maximum Gasteiger partial charge on any atom is 0.354 e. The molecule has 27 heavy (non-hydrogen) atoms. The molecule has 0 aliphatic heterocycles. The fourth-order valence-electron chi connectivity index (χ4n) is 3.43. The van der Waals surface area contributed by atoms with Crippen LogP contribution in [-0.2, 0) is 6.42 Å². The van der Waals surface area contributed by atoms with Gasteiger partial charge in [-0.3, -0.25) is 0 Å². The number of carboxylic acid groups (broad SMARTS) is 1. The number of carbonyl (C=O) groups is 1. The highest BCUT2D eigenvalue weighted by atomic mass is 16.4. The molecule has 0 saturated heterocycles. The molecule has 4 heteroatoms. The lowest BCUT2D eigenvalue weighted by Gasteiger charge is -2.07. The van der Waals surface area contributed by atoms with E-state index in [4.69, 9.17) is 0 Å². The van der Waals surface area contributed by atoms with E-state index in [1.807, 2.05) is 24.3 Å². The topological polar surface area (TPSA) is 66.0 Å². The Kier molecular flexibility index (Phi) is 4.24. The Balaban J connectivity index is 1.90. The number of benzene rings is 2. The van der Waals surface area contributed by atoms with Crippen LogP contribution in [0.3, 0.4) is 0 Å². The average Bonchev–Trinajstić information content (AvgIpc) is 3.00. The van der Waals surface area contributed by atoms with Gasteiger partial charge in [0.1, 0.15) is 5.69 Å². The number of aromatic amines is 1. The first-order valence-electron chi connectivity index (χ1n) is 8.89. The van der Waals surface area contributed by atoms with Gasteiger partial charge in [0, 0.05) is 23.0 Å². The van der Waals surface area contributed by atoms with E-state index in [0.29, 0.717) is 6.42 Å². The second-order valence-electron chi connectivity index (χ2n) is 6.82. The Morgan fingerprint density at radius 1 is 1.00 bits per heavy atom. The van der Waals surface area contributed by atoms with Gasteiger partial charge in [0.05, 0.1) is 5.69 Å². The maximum absolute atomic E-state index is 11.3. The molecule has 4 aromatic rings. The molecular formula is C23H20N2O2. The SMILES string of the molecule is Cc1cc2[nH]c(-c3ccccc3)c(Cc3cccc(C(=O)O)n3)c2cc1C. The number of nitrogens with zero attached hydrogens (tertiary/aromatic N) is 1. The molecule has 0 saturated carbocycles. The minimum Gasteiger partial charge on any atom is -0.477 e. The van der Waals surface area contributed by atoms with Crippen LogP contribution < -0.4 is 0 Å². The maximum atomic E-state index is 11.3. The molecule has 0 aliphatic rings. The molecule has 0 aliphatic carbocycles. The Morgan fingerprint density at radius 3 is 2.48 bits per heavy atom. The van der Waals surface area contributed by atoms with Crippen LogP contribution in [-0.4, -0.2) is 21.0 Å². The molecule has 2 aromatic carbocycles. The van der Waals surface area contributed by atoms with E-state index in [2.05, 4.69) is 48.1 Å². The van der Waals surface area contributed by atoms with E-state index in [-0.39, 0.29) is 5.69 Å². The minimum atomic E-state index is -1.01. The number of fused-ring (bicyclic) bond motifs is 1. The first-order chi connectivity index (χ1) is 13.0. The molecule has 134 valence electrons. The molecule has 4 nitrogen and oxygen atoms in total. The van der Waals surface area contributed by atoms with Crippen LogP contribution in [0.5, 0.6) is 0 Å². The second-order valence-corrected chi connectivity index (χ2v) is 6.82. The summed E-state index contributed by atoms with van der Waals surface area (Å²) < 4.78 is 0. The summed E-state index contributed by atoms with van der Waals surface area (Å²) in [7, 11) is 0. The number of rotatable bonds is 4. The van der Waals surface area contributed by atoms with E-state index in [1.54, 1.807) is 6.07 Å². The third-order valence-electron chi connectivity index (χ3n) is 4.97. The largest absolute Gasteiger partial charge is 0.477 e. The fraction of sp³-hybridized carbons (Fsp3) is 0.130. The standard InChI is InChI=1S/C23H20N2O2/c1-14-11-18-19(13-17-9-6-10-20(24-17)23(26)27)22(16-7-4-3-5-8-16)25-21(18)12-15(14)2/h3-12,25H,13H2,1-2H3,(H,26,27). The molecule has 0 atom stereocenters. The third kappa shape index (κ3) is 3.22. The Hall–Kier alpha value is -3.40. The summed E-state index contributed by atoms with van der Waals surface area (Å²) in [5.41, 5.74) is 7.66. The van der Waals surface area contributed by atoms with E-state index in [1.165, 1.54) is 17.2 Å². The van der Waals surface area contributed by atoms with Crippen LogP contribution in [0.25, 0.3) is 22.2 Å². The Bertz CT molecular complexity index is 1140. The number of H-pyrrole nitrogens is 1. The van der Waals surface area contributed by atoms with Gasteiger partial charge in [0.15, 0.2) is 0 Å². The molecule has 2 aromatic heterocycles. The number of nitrogens with one attached hydrogen (secondary N) is 1. The number of hydrogen-bond acceptors (Lipinski definition) is 2. The zero-order chi connectivity index (χ0) is 19.0. The number of aromatic nitrogens is 2. The molecule has 0 spiro atoms. The van der Waals surface area contributed by atoms with Gasteiger partial charge in [0.2, 0.25) is 0 Å². The Morgan fingerprint density at radius 2 is 1.74 bits per heavy atom. The highest BCUT2D eigenvalue weighted by Crippen LogP contribution is 2.33. The van der Waals surface area contributed by atoms with Crippen molar-refractivity contribution in [2.45, 2.75) is 20.3 Å². The van der Waals surface area contributed by atoms with Crippen LogP contribution in [0.15, 0.2) is 60.7 Å². The molecule has 0 amide bonds. The van der Waals surface area contributed by atoms with Gasteiger partial charge < -0.3 is 10.1 Å². The summed E-state index contributed by atoms with van der Waals surface area (Å²) in [6.07, 6.45) is 0.563. The van der Waals surface area contributed by atoms with Gasteiger partial charge in [-0.2, -0.15) is 0 Å². The van der Waals surface area contributed by atoms with Crippen molar-refractivity contribution in [2.75, 3.05) is 0 Å². The average molecular weight is 356 g/mol. The lowest BCUT2D eigenvalue weighted by Crippen LogP contribution is -2.03. The van der Waals surface area contributed by atoms with E-state index in [0.717, 1.165) is 33.4 Å². The van der Waals surface area contributed by atoms with Crippen LogP contribution >= 0.6 is 0 Å². The zero-order valence-corrected chi connectivity index (χ0v) is 15.3. The predicted molar refractivity (Wildman–Crippen MR) is 107 cm³/mol. The molecule has 0 radical (unpaired) electrons. The number of aryl methyl sites for hydroxylation is 2. The molecule has 0 bridgehead atoms. The molecule has 2 heterocycles. The summed E-state index contributed by atoms with van der Waals surface area (Å²) in [5.74, 6) is -1.01. The van der Waals surface area contributed by atoms with Crippen LogP contribution in [0, 0.1) is 13.8 Å². The molecule has 0 unspecified atom stereocenters. The first-order valence-corrected chi connectivity index (χ1v) is 8.89. The van der Waals surface area contributed by atoms with Crippen molar-refractivity contribution in [3.05, 3.63) is 88.7 Å². The lowest BCUT2D eigenvalue weighted by atomic mass is 9.98. The summed E-state index contributed by atoms with van der Waals surface area (Å²) in [6, 6.07) is 19.7. The van der Waals surface area contributed by atoms with Crippen molar-refractivity contribution < 1.29 is 9.90 Å². The number of hydrogen-bond donors (Lipinski definition) is 2. The van der Waals surface area contributed by atoms with E-state index < -0.39 is 5.97 Å². The number of pyridine rings is 1. The van der Waals surface area contributed by atoms with Crippen LogP contribution in [0.1, 0.15) is 32.9 Å². The molecule has 0 fully saturated rings.